The summed E-state index contributed by atoms with van der Waals surface area (Å²) in [6.07, 6.45) is 6.40. The Bertz CT molecular complexity index is 419. The minimum absolute atomic E-state index is 0.107. The van der Waals surface area contributed by atoms with Gasteiger partial charge in [-0.3, -0.25) is 10.00 Å². The van der Waals surface area contributed by atoms with E-state index >= 15 is 0 Å². The first-order chi connectivity index (χ1) is 9.19. The molecule has 1 aromatic heterocycles. The van der Waals surface area contributed by atoms with E-state index in [1.807, 2.05) is 6.92 Å². The summed E-state index contributed by atoms with van der Waals surface area (Å²) in [5.41, 5.74) is 0.107. The first-order valence-corrected chi connectivity index (χ1v) is 7.45. The molecule has 1 aromatic rings. The molecule has 106 valence electrons. The van der Waals surface area contributed by atoms with Gasteiger partial charge in [-0.25, -0.2) is 4.98 Å². The van der Waals surface area contributed by atoms with E-state index in [1.54, 1.807) is 0 Å². The molecule has 1 aliphatic carbocycles. The standard InChI is InChI=1S/C14H24N4O/c1-11(13-15-12(2)16-17-13)18-8-9-19-14(10-18)6-4-3-5-7-14/h11H,3-10H2,1-2H3,(H,15,16,17). The van der Waals surface area contributed by atoms with E-state index < -0.39 is 0 Å². The molecule has 0 amide bonds. The van der Waals surface area contributed by atoms with Crippen molar-refractivity contribution in [1.29, 1.82) is 0 Å². The van der Waals surface area contributed by atoms with Crippen LogP contribution in [-0.2, 0) is 4.74 Å². The van der Waals surface area contributed by atoms with Crippen LogP contribution in [0.3, 0.4) is 0 Å². The minimum atomic E-state index is 0.107. The summed E-state index contributed by atoms with van der Waals surface area (Å²) in [5, 5.41) is 7.25. The van der Waals surface area contributed by atoms with E-state index in [-0.39, 0.29) is 11.6 Å². The Hall–Kier alpha value is -0.940. The summed E-state index contributed by atoms with van der Waals surface area (Å²) in [7, 11) is 0. The fourth-order valence-corrected chi connectivity index (χ4v) is 3.41. The number of ether oxygens (including phenoxy) is 1. The lowest BCUT2D eigenvalue weighted by molar-refractivity contribution is -0.135. The van der Waals surface area contributed by atoms with Gasteiger partial charge in [-0.2, -0.15) is 5.10 Å². The SMILES string of the molecule is Cc1nc(C(C)N2CCOC3(CCCCC3)C2)n[nH]1. The number of hydrogen-bond acceptors (Lipinski definition) is 4. The van der Waals surface area contributed by atoms with E-state index in [0.29, 0.717) is 0 Å². The average Bonchev–Trinajstić information content (AvgIpc) is 2.85. The fourth-order valence-electron chi connectivity index (χ4n) is 3.41. The predicted octanol–water partition coefficient (Wildman–Crippen LogP) is 2.21. The lowest BCUT2D eigenvalue weighted by Crippen LogP contribution is -2.53. The maximum atomic E-state index is 6.14. The summed E-state index contributed by atoms with van der Waals surface area (Å²) in [4.78, 5) is 6.95. The molecule has 3 rings (SSSR count). The van der Waals surface area contributed by atoms with E-state index in [9.17, 15) is 0 Å². The van der Waals surface area contributed by atoms with E-state index in [1.165, 1.54) is 32.1 Å². The van der Waals surface area contributed by atoms with Crippen molar-refractivity contribution in [2.45, 2.75) is 57.6 Å². The highest BCUT2D eigenvalue weighted by atomic mass is 16.5. The maximum Gasteiger partial charge on any atom is 0.167 e. The summed E-state index contributed by atoms with van der Waals surface area (Å²) in [6, 6.07) is 0.271. The van der Waals surface area contributed by atoms with Crippen LogP contribution in [0.5, 0.6) is 0 Å². The Morgan fingerprint density at radius 3 is 2.79 bits per heavy atom. The molecule has 5 nitrogen and oxygen atoms in total. The number of nitrogens with zero attached hydrogens (tertiary/aromatic N) is 3. The zero-order valence-electron chi connectivity index (χ0n) is 12.0. The summed E-state index contributed by atoms with van der Waals surface area (Å²) < 4.78 is 6.14. The maximum absolute atomic E-state index is 6.14. The Kier molecular flexibility index (Phi) is 3.58. The van der Waals surface area contributed by atoms with Gasteiger partial charge >= 0.3 is 0 Å². The largest absolute Gasteiger partial charge is 0.372 e. The normalized spacial score (nSPS) is 25.6. The third-order valence-electron chi connectivity index (χ3n) is 4.58. The first-order valence-electron chi connectivity index (χ1n) is 7.45. The van der Waals surface area contributed by atoms with Crippen molar-refractivity contribution in [2.75, 3.05) is 19.7 Å². The number of hydrogen-bond donors (Lipinski definition) is 1. The molecule has 1 atom stereocenters. The molecular formula is C14H24N4O. The molecule has 1 unspecified atom stereocenters. The Morgan fingerprint density at radius 1 is 1.32 bits per heavy atom. The second kappa shape index (κ2) is 5.21. The number of aromatic nitrogens is 3. The van der Waals surface area contributed by atoms with Gasteiger partial charge in [-0.15, -0.1) is 0 Å². The van der Waals surface area contributed by atoms with Crippen molar-refractivity contribution < 1.29 is 4.74 Å². The third kappa shape index (κ3) is 2.67. The number of morpholine rings is 1. The van der Waals surface area contributed by atoms with Gasteiger partial charge in [0.15, 0.2) is 5.82 Å². The van der Waals surface area contributed by atoms with Gasteiger partial charge in [0, 0.05) is 13.1 Å². The summed E-state index contributed by atoms with van der Waals surface area (Å²) >= 11 is 0. The van der Waals surface area contributed by atoms with Crippen molar-refractivity contribution in [3.63, 3.8) is 0 Å². The summed E-state index contributed by atoms with van der Waals surface area (Å²) in [6.45, 7) is 7.00. The van der Waals surface area contributed by atoms with Crippen LogP contribution in [0.25, 0.3) is 0 Å². The number of H-pyrrole nitrogens is 1. The van der Waals surface area contributed by atoms with Crippen LogP contribution in [0.4, 0.5) is 0 Å². The monoisotopic (exact) mass is 264 g/mol. The molecule has 2 fully saturated rings. The zero-order valence-corrected chi connectivity index (χ0v) is 12.0. The molecule has 2 aliphatic rings. The smallest absolute Gasteiger partial charge is 0.167 e. The third-order valence-corrected chi connectivity index (χ3v) is 4.58. The molecule has 1 N–H and O–H groups in total. The number of rotatable bonds is 2. The van der Waals surface area contributed by atoms with Gasteiger partial charge in [0.25, 0.3) is 0 Å². The molecule has 19 heavy (non-hydrogen) atoms. The van der Waals surface area contributed by atoms with Crippen LogP contribution in [0.2, 0.25) is 0 Å². The molecule has 0 radical (unpaired) electrons. The number of aryl methyl sites for hydroxylation is 1. The van der Waals surface area contributed by atoms with Gasteiger partial charge in [-0.1, -0.05) is 19.3 Å². The highest BCUT2D eigenvalue weighted by Crippen LogP contribution is 2.36. The Labute approximate surface area is 114 Å². The molecule has 2 heterocycles. The topological polar surface area (TPSA) is 54.0 Å². The molecule has 1 saturated heterocycles. The molecule has 1 aliphatic heterocycles. The molecule has 1 saturated carbocycles. The van der Waals surface area contributed by atoms with Gasteiger partial charge < -0.3 is 4.74 Å². The van der Waals surface area contributed by atoms with Gasteiger partial charge in [0.2, 0.25) is 0 Å². The highest BCUT2D eigenvalue weighted by molar-refractivity contribution is 4.98. The molecule has 0 bridgehead atoms. The second-order valence-corrected chi connectivity index (χ2v) is 6.02. The Balaban J connectivity index is 1.70. The number of nitrogens with one attached hydrogen (secondary N) is 1. The van der Waals surface area contributed by atoms with Crippen molar-refractivity contribution in [1.82, 2.24) is 20.1 Å². The van der Waals surface area contributed by atoms with E-state index in [2.05, 4.69) is 27.0 Å². The van der Waals surface area contributed by atoms with Gasteiger partial charge in [0.05, 0.1) is 18.2 Å². The van der Waals surface area contributed by atoms with Crippen LogP contribution < -0.4 is 0 Å². The average molecular weight is 264 g/mol. The van der Waals surface area contributed by atoms with Gasteiger partial charge in [0.1, 0.15) is 5.82 Å². The van der Waals surface area contributed by atoms with E-state index in [4.69, 9.17) is 4.74 Å². The lowest BCUT2D eigenvalue weighted by atomic mass is 9.83. The van der Waals surface area contributed by atoms with Crippen molar-refractivity contribution in [2.24, 2.45) is 0 Å². The van der Waals surface area contributed by atoms with Crippen LogP contribution in [0.1, 0.15) is 56.7 Å². The van der Waals surface area contributed by atoms with Crippen LogP contribution in [0, 0.1) is 6.92 Å². The Morgan fingerprint density at radius 2 is 2.11 bits per heavy atom. The van der Waals surface area contributed by atoms with Crippen molar-refractivity contribution in [3.05, 3.63) is 11.6 Å². The molecule has 5 heteroatoms. The zero-order chi connectivity index (χ0) is 13.3. The first kappa shape index (κ1) is 13.1. The second-order valence-electron chi connectivity index (χ2n) is 6.02. The van der Waals surface area contributed by atoms with Crippen molar-refractivity contribution >= 4 is 0 Å². The molecular weight excluding hydrogens is 240 g/mol. The molecule has 0 aromatic carbocycles. The fraction of sp³-hybridized carbons (Fsp3) is 0.857. The lowest BCUT2D eigenvalue weighted by Gasteiger charge is -2.46. The minimum Gasteiger partial charge on any atom is -0.372 e. The quantitative estimate of drug-likeness (QED) is 0.890. The molecule has 1 spiro atoms. The van der Waals surface area contributed by atoms with Crippen LogP contribution >= 0.6 is 0 Å². The summed E-state index contributed by atoms with van der Waals surface area (Å²) in [5.74, 6) is 1.80. The predicted molar refractivity (Wildman–Crippen MR) is 72.9 cm³/mol. The van der Waals surface area contributed by atoms with Gasteiger partial charge in [-0.05, 0) is 26.7 Å². The van der Waals surface area contributed by atoms with E-state index in [0.717, 1.165) is 31.3 Å². The van der Waals surface area contributed by atoms with Crippen molar-refractivity contribution in [3.8, 4) is 0 Å². The van der Waals surface area contributed by atoms with Crippen LogP contribution in [0.15, 0.2) is 0 Å². The van der Waals surface area contributed by atoms with Crippen LogP contribution in [-0.4, -0.2) is 45.4 Å². The number of aromatic amines is 1. The highest BCUT2D eigenvalue weighted by Gasteiger charge is 2.39.